The third-order valence-electron chi connectivity index (χ3n) is 3.67. The second kappa shape index (κ2) is 6.52. The highest BCUT2D eigenvalue weighted by Gasteiger charge is 2.39. The van der Waals surface area contributed by atoms with Crippen LogP contribution in [0.25, 0.3) is 0 Å². The molecule has 0 atom stereocenters. The molecule has 0 fully saturated rings. The zero-order valence-corrected chi connectivity index (χ0v) is 14.8. The Kier molecular flexibility index (Phi) is 4.53. The summed E-state index contributed by atoms with van der Waals surface area (Å²) in [4.78, 5) is 41.5. The Hall–Kier alpha value is -2.75. The number of nitrogens with one attached hydrogen (secondary N) is 1. The molecule has 2 amide bonds. The van der Waals surface area contributed by atoms with E-state index in [9.17, 15) is 22.8 Å². The molecule has 1 heterocycles. The number of sulfonamides is 1. The molecule has 1 aliphatic heterocycles. The van der Waals surface area contributed by atoms with Gasteiger partial charge in [-0.3, -0.25) is 9.59 Å². The lowest BCUT2D eigenvalue weighted by Crippen LogP contribution is -2.32. The molecule has 1 N–H and O–H groups in total. The van der Waals surface area contributed by atoms with Crippen molar-refractivity contribution >= 4 is 39.4 Å². The number of hydrogen-bond donors (Lipinski definition) is 1. The van der Waals surface area contributed by atoms with Gasteiger partial charge < -0.3 is 4.84 Å². The van der Waals surface area contributed by atoms with Crippen LogP contribution in [0.1, 0.15) is 31.1 Å². The molecule has 0 saturated heterocycles. The lowest BCUT2D eigenvalue weighted by Gasteiger charge is -2.14. The van der Waals surface area contributed by atoms with E-state index in [1.807, 2.05) is 0 Å². The first-order chi connectivity index (χ1) is 12.3. The predicted octanol–water partition coefficient (Wildman–Crippen LogP) is 1.62. The van der Waals surface area contributed by atoms with Crippen LogP contribution in [-0.2, 0) is 14.9 Å². The summed E-state index contributed by atoms with van der Waals surface area (Å²) < 4.78 is 25.8. The first-order valence-corrected chi connectivity index (χ1v) is 9.05. The maximum atomic E-state index is 12.4. The van der Waals surface area contributed by atoms with Gasteiger partial charge in [-0.15, -0.1) is 0 Å². The van der Waals surface area contributed by atoms with Crippen molar-refractivity contribution in [3.8, 4) is 0 Å². The summed E-state index contributed by atoms with van der Waals surface area (Å²) in [6.45, 7) is 0. The van der Waals surface area contributed by atoms with Gasteiger partial charge in [0.15, 0.2) is 0 Å². The highest BCUT2D eigenvalue weighted by Crippen LogP contribution is 2.26. The molecule has 0 aliphatic carbocycles. The van der Waals surface area contributed by atoms with Crippen molar-refractivity contribution in [2.75, 3.05) is 7.05 Å². The summed E-state index contributed by atoms with van der Waals surface area (Å²) in [6.07, 6.45) is 0. The molecule has 0 unspecified atom stereocenters. The molecule has 2 aromatic rings. The number of nitrogens with zero attached hydrogens (tertiary/aromatic N) is 1. The van der Waals surface area contributed by atoms with Crippen LogP contribution < -0.4 is 4.72 Å². The van der Waals surface area contributed by atoms with Crippen molar-refractivity contribution in [3.05, 3.63) is 64.2 Å². The molecule has 134 valence electrons. The maximum Gasteiger partial charge on any atom is 0.365 e. The summed E-state index contributed by atoms with van der Waals surface area (Å²) in [5.41, 5.74) is -0.106. The van der Waals surface area contributed by atoms with Gasteiger partial charge in [0.2, 0.25) is 10.0 Å². The molecule has 0 spiro atoms. The molecule has 2 aromatic carbocycles. The number of carbonyl (C=O) groups excluding carboxylic acids is 3. The molecule has 0 aromatic heterocycles. The van der Waals surface area contributed by atoms with E-state index in [1.165, 1.54) is 31.3 Å². The van der Waals surface area contributed by atoms with Crippen LogP contribution in [0.5, 0.6) is 0 Å². The third kappa shape index (κ3) is 2.96. The van der Waals surface area contributed by atoms with Crippen molar-refractivity contribution in [1.82, 2.24) is 9.79 Å². The van der Waals surface area contributed by atoms with Gasteiger partial charge in [-0.1, -0.05) is 28.8 Å². The van der Waals surface area contributed by atoms with E-state index in [2.05, 4.69) is 4.72 Å². The average molecular weight is 395 g/mol. The summed E-state index contributed by atoms with van der Waals surface area (Å²) in [5, 5.41) is 0.226. The molecular formula is C16H11ClN2O6S. The average Bonchev–Trinajstić information content (AvgIpc) is 2.87. The predicted molar refractivity (Wildman–Crippen MR) is 90.1 cm³/mol. The van der Waals surface area contributed by atoms with Crippen LogP contribution in [0.15, 0.2) is 47.4 Å². The number of halogens is 1. The highest BCUT2D eigenvalue weighted by molar-refractivity contribution is 7.89. The summed E-state index contributed by atoms with van der Waals surface area (Å²) in [6, 6.07) is 9.38. The Morgan fingerprint density at radius 3 is 2.19 bits per heavy atom. The minimum atomic E-state index is -3.83. The monoisotopic (exact) mass is 394 g/mol. The summed E-state index contributed by atoms with van der Waals surface area (Å²) in [7, 11) is -2.62. The van der Waals surface area contributed by atoms with Crippen LogP contribution >= 0.6 is 11.6 Å². The van der Waals surface area contributed by atoms with Gasteiger partial charge in [0.05, 0.1) is 26.6 Å². The van der Waals surface area contributed by atoms with E-state index >= 15 is 0 Å². The van der Waals surface area contributed by atoms with Crippen LogP contribution in [0.3, 0.4) is 0 Å². The van der Waals surface area contributed by atoms with E-state index < -0.39 is 27.8 Å². The number of carbonyl (C=O) groups is 3. The van der Waals surface area contributed by atoms with Crippen LogP contribution in [0, 0.1) is 0 Å². The molecule has 0 bridgehead atoms. The van der Waals surface area contributed by atoms with Gasteiger partial charge in [0.1, 0.15) is 0 Å². The van der Waals surface area contributed by atoms with Gasteiger partial charge in [0.25, 0.3) is 11.8 Å². The maximum absolute atomic E-state index is 12.4. The molecule has 1 aliphatic rings. The zero-order valence-electron chi connectivity index (χ0n) is 13.2. The van der Waals surface area contributed by atoms with Crippen LogP contribution in [0.4, 0.5) is 0 Å². The fourth-order valence-corrected chi connectivity index (χ4v) is 3.28. The summed E-state index contributed by atoms with van der Waals surface area (Å²) >= 11 is 5.93. The third-order valence-corrected chi connectivity index (χ3v) is 5.41. The Morgan fingerprint density at radius 2 is 1.65 bits per heavy atom. The number of fused-ring (bicyclic) bond motifs is 1. The quantitative estimate of drug-likeness (QED) is 0.789. The van der Waals surface area contributed by atoms with Gasteiger partial charge in [-0.05, 0) is 37.4 Å². The Labute approximate surface area is 153 Å². The lowest BCUT2D eigenvalue weighted by molar-refractivity contribution is -0.0584. The Morgan fingerprint density at radius 1 is 1.08 bits per heavy atom. The van der Waals surface area contributed by atoms with Gasteiger partial charge in [0, 0.05) is 0 Å². The second-order valence-corrected chi connectivity index (χ2v) is 7.47. The smallest absolute Gasteiger partial charge is 0.324 e. The van der Waals surface area contributed by atoms with E-state index in [-0.39, 0.29) is 26.6 Å². The first-order valence-electron chi connectivity index (χ1n) is 7.19. The largest absolute Gasteiger partial charge is 0.365 e. The van der Waals surface area contributed by atoms with Crippen LogP contribution in [-0.4, -0.2) is 38.3 Å². The molecule has 26 heavy (non-hydrogen) atoms. The molecule has 3 rings (SSSR count). The van der Waals surface area contributed by atoms with Crippen molar-refractivity contribution in [3.63, 3.8) is 0 Å². The normalized spacial score (nSPS) is 13.7. The highest BCUT2D eigenvalue weighted by atomic mass is 35.5. The van der Waals surface area contributed by atoms with E-state index in [0.717, 1.165) is 6.07 Å². The Balaban J connectivity index is 1.91. The van der Waals surface area contributed by atoms with Crippen molar-refractivity contribution in [2.45, 2.75) is 4.90 Å². The SMILES string of the molecule is CNS(=O)(=O)c1ccc(Cl)c(C(=O)ON2C(=O)c3ccccc3C2=O)c1. The fraction of sp³-hybridized carbons (Fsp3) is 0.0625. The van der Waals surface area contributed by atoms with E-state index in [0.29, 0.717) is 5.06 Å². The topological polar surface area (TPSA) is 110 Å². The Bertz CT molecular complexity index is 1020. The number of rotatable bonds is 4. The van der Waals surface area contributed by atoms with Gasteiger partial charge in [-0.25, -0.2) is 17.9 Å². The lowest BCUT2D eigenvalue weighted by atomic mass is 10.1. The van der Waals surface area contributed by atoms with Gasteiger partial charge in [-0.2, -0.15) is 0 Å². The number of imide groups is 1. The van der Waals surface area contributed by atoms with E-state index in [4.69, 9.17) is 16.4 Å². The molecule has 10 heteroatoms. The van der Waals surface area contributed by atoms with Gasteiger partial charge >= 0.3 is 5.97 Å². The number of amides is 2. The molecule has 0 saturated carbocycles. The van der Waals surface area contributed by atoms with Crippen molar-refractivity contribution < 1.29 is 27.6 Å². The summed E-state index contributed by atoms with van der Waals surface area (Å²) in [5.74, 6) is -2.74. The number of hydrogen-bond acceptors (Lipinski definition) is 6. The minimum absolute atomic E-state index is 0.0957. The second-order valence-electron chi connectivity index (χ2n) is 5.18. The molecule has 8 nitrogen and oxygen atoms in total. The van der Waals surface area contributed by atoms with Crippen molar-refractivity contribution in [2.24, 2.45) is 0 Å². The zero-order chi connectivity index (χ0) is 19.1. The van der Waals surface area contributed by atoms with Crippen molar-refractivity contribution in [1.29, 1.82) is 0 Å². The molecule has 0 radical (unpaired) electrons. The number of hydroxylamine groups is 2. The number of benzene rings is 2. The molecular weight excluding hydrogens is 384 g/mol. The van der Waals surface area contributed by atoms with Crippen LogP contribution in [0.2, 0.25) is 5.02 Å². The first kappa shape index (κ1) is 18.1. The van der Waals surface area contributed by atoms with E-state index in [1.54, 1.807) is 12.1 Å². The fourth-order valence-electron chi connectivity index (χ4n) is 2.33. The standard InChI is InChI=1S/C16H11ClN2O6S/c1-18-26(23,24)9-6-7-13(17)12(8-9)16(22)25-19-14(20)10-4-2-3-5-11(10)15(19)21/h2-8,18H,1H3. The minimum Gasteiger partial charge on any atom is -0.324 e.